The van der Waals surface area contributed by atoms with Crippen molar-refractivity contribution in [1.29, 1.82) is 0 Å². The highest BCUT2D eigenvalue weighted by atomic mass is 33.5. The Hall–Kier alpha value is -0.900. The van der Waals surface area contributed by atoms with Gasteiger partial charge in [-0.05, 0) is 50.4 Å². The largest absolute Gasteiger partial charge is 0.417 e. The summed E-state index contributed by atoms with van der Waals surface area (Å²) in [6, 6.07) is 8.62. The third kappa shape index (κ3) is 4.56. The molecule has 23 heavy (non-hydrogen) atoms. The van der Waals surface area contributed by atoms with Crippen molar-refractivity contribution < 1.29 is 13.2 Å². The molecule has 9 heteroatoms. The van der Waals surface area contributed by atoms with Gasteiger partial charge in [0, 0.05) is 11.9 Å². The lowest BCUT2D eigenvalue weighted by molar-refractivity contribution is -0.137. The average Bonchev–Trinajstić information content (AvgIpc) is 2.99. The lowest BCUT2D eigenvalue weighted by Gasteiger charge is -2.06. The zero-order valence-electron chi connectivity index (χ0n) is 11.4. The average molecular weight is 391 g/mol. The lowest BCUT2D eigenvalue weighted by Crippen LogP contribution is -2.04. The van der Waals surface area contributed by atoms with E-state index in [4.69, 9.17) is 0 Å². The Bertz CT molecular complexity index is 787. The van der Waals surface area contributed by atoms with Gasteiger partial charge in [-0.25, -0.2) is 9.97 Å². The van der Waals surface area contributed by atoms with Gasteiger partial charge in [0.05, 0.1) is 21.3 Å². The molecule has 0 radical (unpaired) electrons. The van der Waals surface area contributed by atoms with E-state index in [9.17, 15) is 13.2 Å². The Morgan fingerprint density at radius 1 is 1.09 bits per heavy atom. The van der Waals surface area contributed by atoms with Gasteiger partial charge in [0.1, 0.15) is 5.03 Å². The van der Waals surface area contributed by atoms with E-state index in [1.807, 2.05) is 5.51 Å². The highest BCUT2D eigenvalue weighted by molar-refractivity contribution is 9.09. The third-order valence-corrected chi connectivity index (χ3v) is 7.53. The maximum Gasteiger partial charge on any atom is 0.417 e. The first kappa shape index (κ1) is 16.9. The van der Waals surface area contributed by atoms with Crippen LogP contribution < -0.4 is 0 Å². The number of thiazole rings is 1. The van der Waals surface area contributed by atoms with Gasteiger partial charge in [0.15, 0.2) is 0 Å². The van der Waals surface area contributed by atoms with Gasteiger partial charge < -0.3 is 0 Å². The second kappa shape index (κ2) is 7.33. The van der Waals surface area contributed by atoms with E-state index in [0.717, 1.165) is 28.2 Å². The lowest BCUT2D eigenvalue weighted by atomic mass is 10.2. The third-order valence-electron chi connectivity index (χ3n) is 2.85. The zero-order chi connectivity index (χ0) is 16.3. The number of fused-ring (bicyclic) bond motifs is 1. The number of halogens is 3. The van der Waals surface area contributed by atoms with Crippen LogP contribution in [0.2, 0.25) is 0 Å². The Morgan fingerprint density at radius 3 is 2.70 bits per heavy atom. The van der Waals surface area contributed by atoms with Gasteiger partial charge in [-0.2, -0.15) is 13.2 Å². The molecule has 0 N–H and O–H groups in total. The molecular formula is C14H9F3N2S4. The summed E-state index contributed by atoms with van der Waals surface area (Å²) in [4.78, 5) is 8.10. The highest BCUT2D eigenvalue weighted by Gasteiger charge is 2.30. The minimum atomic E-state index is -4.34. The Labute approximate surface area is 146 Å². The first-order valence-electron chi connectivity index (χ1n) is 6.34. The van der Waals surface area contributed by atoms with E-state index in [2.05, 4.69) is 28.2 Å². The molecule has 3 rings (SSSR count). The van der Waals surface area contributed by atoms with Crippen molar-refractivity contribution in [3.8, 4) is 0 Å². The van der Waals surface area contributed by atoms with E-state index in [0.29, 0.717) is 5.03 Å². The van der Waals surface area contributed by atoms with Crippen molar-refractivity contribution in [1.82, 2.24) is 9.97 Å². The van der Waals surface area contributed by atoms with Gasteiger partial charge in [-0.15, -0.1) is 11.3 Å². The normalized spacial score (nSPS) is 12.0. The summed E-state index contributed by atoms with van der Waals surface area (Å²) in [5.41, 5.74) is 3.26. The summed E-state index contributed by atoms with van der Waals surface area (Å²) < 4.78 is 38.5. The van der Waals surface area contributed by atoms with Gasteiger partial charge >= 0.3 is 6.18 Å². The molecule has 0 saturated carbocycles. The molecule has 0 unspecified atom stereocenters. The van der Waals surface area contributed by atoms with E-state index in [1.165, 1.54) is 32.2 Å². The van der Waals surface area contributed by atoms with Crippen LogP contribution in [0.5, 0.6) is 0 Å². The van der Waals surface area contributed by atoms with Crippen LogP contribution in [0.25, 0.3) is 10.2 Å². The number of rotatable bonds is 5. The predicted molar refractivity (Wildman–Crippen MR) is 93.6 cm³/mol. The number of pyridine rings is 1. The molecule has 2 heterocycles. The molecule has 0 bridgehead atoms. The predicted octanol–water partition coefficient (Wildman–Crippen LogP) is 6.30. The first-order valence-corrected chi connectivity index (χ1v) is 10.9. The van der Waals surface area contributed by atoms with Crippen LogP contribution in [0.4, 0.5) is 13.2 Å². The molecule has 2 nitrogen and oxygen atoms in total. The second-order valence-electron chi connectivity index (χ2n) is 4.45. The van der Waals surface area contributed by atoms with Crippen LogP contribution in [0, 0.1) is 0 Å². The Balaban J connectivity index is 1.49. The molecule has 0 saturated heterocycles. The number of nitrogens with zero attached hydrogens (tertiary/aromatic N) is 2. The van der Waals surface area contributed by atoms with Gasteiger partial charge in [-0.1, -0.05) is 16.9 Å². The number of benzene rings is 1. The molecule has 2 aromatic heterocycles. The number of aromatic nitrogens is 2. The van der Waals surface area contributed by atoms with E-state index < -0.39 is 11.7 Å². The smallest absolute Gasteiger partial charge is 0.248 e. The number of hydrogen-bond donors (Lipinski definition) is 0. The maximum absolute atomic E-state index is 12.4. The molecule has 0 aliphatic carbocycles. The standard InChI is InChI=1S/C14H9F3N2S4/c15-14(16,17)10-2-4-13(18-6-10)22-23-21-7-9-1-3-12-11(5-9)19-8-20-12/h1-6,8H,7H2. The van der Waals surface area contributed by atoms with Crippen LogP contribution in [0.15, 0.2) is 47.1 Å². The molecule has 0 amide bonds. The highest BCUT2D eigenvalue weighted by Crippen LogP contribution is 2.41. The van der Waals surface area contributed by atoms with Crippen molar-refractivity contribution in [3.63, 3.8) is 0 Å². The van der Waals surface area contributed by atoms with Crippen LogP contribution >= 0.6 is 42.8 Å². The minimum absolute atomic E-state index is 0.561. The van der Waals surface area contributed by atoms with Crippen molar-refractivity contribution in [2.45, 2.75) is 17.0 Å². The quantitative estimate of drug-likeness (QED) is 0.376. The maximum atomic E-state index is 12.4. The van der Waals surface area contributed by atoms with Crippen molar-refractivity contribution in [2.24, 2.45) is 0 Å². The van der Waals surface area contributed by atoms with Crippen molar-refractivity contribution in [3.05, 3.63) is 53.2 Å². The summed E-state index contributed by atoms with van der Waals surface area (Å²) in [6.07, 6.45) is -3.48. The summed E-state index contributed by atoms with van der Waals surface area (Å²) in [6.45, 7) is 0. The molecule has 120 valence electrons. The van der Waals surface area contributed by atoms with Gasteiger partial charge in [0.25, 0.3) is 0 Å². The first-order chi connectivity index (χ1) is 11.0. The van der Waals surface area contributed by atoms with Crippen LogP contribution in [0.1, 0.15) is 11.1 Å². The summed E-state index contributed by atoms with van der Waals surface area (Å²) in [7, 11) is 4.46. The second-order valence-corrected chi connectivity index (χ2v) is 9.42. The van der Waals surface area contributed by atoms with E-state index in [-0.39, 0.29) is 0 Å². The van der Waals surface area contributed by atoms with Crippen molar-refractivity contribution >= 4 is 53.0 Å². The molecular weight excluding hydrogens is 381 g/mol. The fourth-order valence-electron chi connectivity index (χ4n) is 1.74. The zero-order valence-corrected chi connectivity index (χ0v) is 14.7. The van der Waals surface area contributed by atoms with E-state index >= 15 is 0 Å². The van der Waals surface area contributed by atoms with Crippen molar-refractivity contribution in [2.75, 3.05) is 0 Å². The summed E-state index contributed by atoms with van der Waals surface area (Å²) in [5, 5.41) is 0.561. The molecule has 0 aliphatic rings. The molecule has 0 aliphatic heterocycles. The van der Waals surface area contributed by atoms with E-state index in [1.54, 1.807) is 22.1 Å². The monoisotopic (exact) mass is 390 g/mol. The van der Waals surface area contributed by atoms with Crippen LogP contribution in [-0.4, -0.2) is 9.97 Å². The molecule has 0 spiro atoms. The van der Waals surface area contributed by atoms with Gasteiger partial charge in [0.2, 0.25) is 0 Å². The molecule has 3 aromatic rings. The van der Waals surface area contributed by atoms with Crippen LogP contribution in [-0.2, 0) is 11.9 Å². The number of alkyl halides is 3. The molecule has 0 fully saturated rings. The fourth-order valence-corrected chi connectivity index (χ4v) is 5.80. The molecule has 1 aromatic carbocycles. The van der Waals surface area contributed by atoms with Gasteiger partial charge in [-0.3, -0.25) is 0 Å². The fraction of sp³-hybridized carbons (Fsp3) is 0.143. The Morgan fingerprint density at radius 2 is 1.96 bits per heavy atom. The topological polar surface area (TPSA) is 25.8 Å². The number of hydrogen-bond acceptors (Lipinski definition) is 6. The Kier molecular flexibility index (Phi) is 5.40. The SMILES string of the molecule is FC(F)(F)c1ccc(SSSCc2ccc3scnc3c2)nc1. The summed E-state index contributed by atoms with van der Waals surface area (Å²) in [5.74, 6) is 0.797. The van der Waals surface area contributed by atoms with Crippen LogP contribution in [0.3, 0.4) is 0 Å². The summed E-state index contributed by atoms with van der Waals surface area (Å²) >= 11 is 1.61. The minimum Gasteiger partial charge on any atom is -0.248 e. The molecule has 0 atom stereocenters.